The second-order valence-electron chi connectivity index (χ2n) is 8.51. The number of furan rings is 1. The molecule has 1 aliphatic heterocycles. The number of thiocarbonyl (C=S) groups is 1. The molecule has 1 fully saturated rings. The first-order valence-corrected chi connectivity index (χ1v) is 11.5. The van der Waals surface area contributed by atoms with Gasteiger partial charge in [0.1, 0.15) is 5.76 Å². The SMILES string of the molecule is Cc1cc([C@H]2[C@@H](c3ccccn3)NC(=S)N2Cc2ccco2)c(C)n1-c1ccccc1C(F)(F)F. The molecule has 1 aliphatic rings. The van der Waals surface area contributed by atoms with Crippen LogP contribution in [0.25, 0.3) is 5.69 Å². The van der Waals surface area contributed by atoms with E-state index in [0.717, 1.165) is 23.1 Å². The van der Waals surface area contributed by atoms with Crippen molar-refractivity contribution in [1.29, 1.82) is 0 Å². The molecule has 9 heteroatoms. The molecule has 5 nitrogen and oxygen atoms in total. The number of rotatable bonds is 5. The normalized spacial score (nSPS) is 18.2. The highest BCUT2D eigenvalue weighted by atomic mass is 32.1. The van der Waals surface area contributed by atoms with Crippen LogP contribution in [0, 0.1) is 13.8 Å². The van der Waals surface area contributed by atoms with E-state index in [9.17, 15) is 13.2 Å². The highest BCUT2D eigenvalue weighted by molar-refractivity contribution is 7.80. The van der Waals surface area contributed by atoms with Crippen LogP contribution in [-0.4, -0.2) is 19.6 Å². The molecule has 1 N–H and O–H groups in total. The van der Waals surface area contributed by atoms with Crippen molar-refractivity contribution in [1.82, 2.24) is 19.8 Å². The molecule has 0 unspecified atom stereocenters. The molecule has 4 aromatic rings. The van der Waals surface area contributed by atoms with Gasteiger partial charge in [-0.15, -0.1) is 0 Å². The largest absolute Gasteiger partial charge is 0.467 e. The lowest BCUT2D eigenvalue weighted by Crippen LogP contribution is -2.29. The molecule has 2 atom stereocenters. The van der Waals surface area contributed by atoms with Gasteiger partial charge in [0.2, 0.25) is 0 Å². The van der Waals surface area contributed by atoms with Crippen molar-refractivity contribution in [3.05, 3.63) is 107 Å². The minimum atomic E-state index is -4.47. The Labute approximate surface area is 206 Å². The maximum Gasteiger partial charge on any atom is 0.418 e. The van der Waals surface area contributed by atoms with E-state index in [1.807, 2.05) is 55.1 Å². The summed E-state index contributed by atoms with van der Waals surface area (Å²) in [5.74, 6) is 0.733. The highest BCUT2D eigenvalue weighted by Crippen LogP contribution is 2.43. The number of aromatic nitrogens is 2. The van der Waals surface area contributed by atoms with Gasteiger partial charge in [-0.1, -0.05) is 18.2 Å². The summed E-state index contributed by atoms with van der Waals surface area (Å²) in [5.41, 5.74) is 2.49. The number of nitrogens with zero attached hydrogens (tertiary/aromatic N) is 3. The van der Waals surface area contributed by atoms with E-state index >= 15 is 0 Å². The lowest BCUT2D eigenvalue weighted by atomic mass is 9.96. The summed E-state index contributed by atoms with van der Waals surface area (Å²) in [6, 6.07) is 16.3. The summed E-state index contributed by atoms with van der Waals surface area (Å²) < 4.78 is 48.8. The number of nitrogens with one attached hydrogen (secondary N) is 1. The zero-order valence-electron chi connectivity index (χ0n) is 19.1. The van der Waals surface area contributed by atoms with Crippen LogP contribution in [0.1, 0.15) is 46.1 Å². The van der Waals surface area contributed by atoms with Gasteiger partial charge in [-0.3, -0.25) is 4.98 Å². The molecular weight excluding hydrogens is 473 g/mol. The Hall–Kier alpha value is -3.59. The molecule has 0 bridgehead atoms. The number of alkyl halides is 3. The molecule has 4 heterocycles. The van der Waals surface area contributed by atoms with E-state index in [1.54, 1.807) is 23.1 Å². The van der Waals surface area contributed by atoms with E-state index in [1.165, 1.54) is 12.1 Å². The third-order valence-corrected chi connectivity index (χ3v) is 6.70. The molecule has 0 aliphatic carbocycles. The minimum Gasteiger partial charge on any atom is -0.467 e. The summed E-state index contributed by atoms with van der Waals surface area (Å²) in [7, 11) is 0. The van der Waals surface area contributed by atoms with E-state index in [2.05, 4.69) is 10.3 Å². The van der Waals surface area contributed by atoms with Crippen molar-refractivity contribution in [3.63, 3.8) is 0 Å². The Morgan fingerprint density at radius 2 is 1.83 bits per heavy atom. The number of halogens is 3. The first-order chi connectivity index (χ1) is 16.8. The maximum absolute atomic E-state index is 13.8. The van der Waals surface area contributed by atoms with Gasteiger partial charge in [-0.2, -0.15) is 13.2 Å². The standard InChI is InChI=1S/C26H23F3N4OS/c1-16-14-19(17(2)33(16)22-11-4-3-9-20(22)26(27,28)29)24-23(21-10-5-6-12-30-21)31-25(35)32(24)15-18-8-7-13-34-18/h3-14,23-24H,15H2,1-2H3,(H,31,35)/t23-,24+/m1/s1. The van der Waals surface area contributed by atoms with Crippen LogP contribution >= 0.6 is 12.2 Å². The molecule has 0 radical (unpaired) electrons. The zero-order valence-corrected chi connectivity index (χ0v) is 19.9. The Morgan fingerprint density at radius 1 is 1.06 bits per heavy atom. The Morgan fingerprint density at radius 3 is 2.51 bits per heavy atom. The Bertz CT molecular complexity index is 1350. The van der Waals surface area contributed by atoms with E-state index in [0.29, 0.717) is 23.0 Å². The van der Waals surface area contributed by atoms with Gasteiger partial charge >= 0.3 is 6.18 Å². The van der Waals surface area contributed by atoms with Crippen LogP contribution in [0.4, 0.5) is 13.2 Å². The van der Waals surface area contributed by atoms with Crippen molar-refractivity contribution < 1.29 is 17.6 Å². The molecule has 5 rings (SSSR count). The predicted octanol–water partition coefficient (Wildman–Crippen LogP) is 6.27. The monoisotopic (exact) mass is 496 g/mol. The van der Waals surface area contributed by atoms with Gasteiger partial charge in [0.05, 0.1) is 41.8 Å². The van der Waals surface area contributed by atoms with Gasteiger partial charge in [0, 0.05) is 17.6 Å². The fourth-order valence-corrected chi connectivity index (χ4v) is 5.16. The molecule has 180 valence electrons. The molecule has 3 aromatic heterocycles. The van der Waals surface area contributed by atoms with Crippen molar-refractivity contribution in [2.45, 2.75) is 38.7 Å². The van der Waals surface area contributed by atoms with Gasteiger partial charge in [0.25, 0.3) is 0 Å². The molecule has 1 aromatic carbocycles. The van der Waals surface area contributed by atoms with Crippen LogP contribution < -0.4 is 5.32 Å². The molecule has 0 amide bonds. The van der Waals surface area contributed by atoms with Gasteiger partial charge < -0.3 is 19.2 Å². The Kier molecular flexibility index (Phi) is 5.88. The molecule has 1 saturated heterocycles. The summed E-state index contributed by atoms with van der Waals surface area (Å²) in [6.45, 7) is 4.07. The molecule has 0 spiro atoms. The Balaban J connectivity index is 1.65. The second kappa shape index (κ2) is 8.88. The summed E-state index contributed by atoms with van der Waals surface area (Å²) in [4.78, 5) is 6.55. The molecular formula is C26H23F3N4OS. The van der Waals surface area contributed by atoms with Crippen molar-refractivity contribution in [2.75, 3.05) is 0 Å². The second-order valence-corrected chi connectivity index (χ2v) is 8.90. The number of para-hydroxylation sites is 1. The number of hydrogen-bond acceptors (Lipinski definition) is 3. The first kappa shape index (κ1) is 23.2. The quantitative estimate of drug-likeness (QED) is 0.330. The maximum atomic E-state index is 13.8. The lowest BCUT2D eigenvalue weighted by molar-refractivity contribution is -0.137. The molecule has 0 saturated carbocycles. The van der Waals surface area contributed by atoms with E-state index in [4.69, 9.17) is 16.6 Å². The van der Waals surface area contributed by atoms with Crippen LogP contribution in [0.15, 0.2) is 77.5 Å². The van der Waals surface area contributed by atoms with E-state index < -0.39 is 11.7 Å². The van der Waals surface area contributed by atoms with Crippen LogP contribution in [0.3, 0.4) is 0 Å². The average Bonchev–Trinajstić information content (AvgIpc) is 3.53. The third kappa shape index (κ3) is 4.20. The minimum absolute atomic E-state index is 0.0988. The first-order valence-electron chi connectivity index (χ1n) is 11.1. The third-order valence-electron chi connectivity index (χ3n) is 6.34. The fourth-order valence-electron chi connectivity index (χ4n) is 4.85. The van der Waals surface area contributed by atoms with Gasteiger partial charge in [-0.05, 0) is 74.1 Å². The molecule has 35 heavy (non-hydrogen) atoms. The van der Waals surface area contributed by atoms with Crippen LogP contribution in [-0.2, 0) is 12.7 Å². The smallest absolute Gasteiger partial charge is 0.418 e. The summed E-state index contributed by atoms with van der Waals surface area (Å²) in [5, 5.41) is 3.91. The highest BCUT2D eigenvalue weighted by Gasteiger charge is 2.42. The number of pyridine rings is 1. The summed E-state index contributed by atoms with van der Waals surface area (Å²) >= 11 is 5.70. The number of hydrogen-bond donors (Lipinski definition) is 1. The fraction of sp³-hybridized carbons (Fsp3) is 0.231. The van der Waals surface area contributed by atoms with Gasteiger partial charge in [-0.25, -0.2) is 0 Å². The number of benzene rings is 1. The van der Waals surface area contributed by atoms with Crippen LogP contribution in [0.2, 0.25) is 0 Å². The number of aryl methyl sites for hydroxylation is 1. The predicted molar refractivity (Wildman–Crippen MR) is 130 cm³/mol. The lowest BCUT2D eigenvalue weighted by Gasteiger charge is -2.27. The summed E-state index contributed by atoms with van der Waals surface area (Å²) in [6.07, 6.45) is -1.15. The average molecular weight is 497 g/mol. The van der Waals surface area contributed by atoms with Crippen LogP contribution in [0.5, 0.6) is 0 Å². The van der Waals surface area contributed by atoms with Crippen molar-refractivity contribution >= 4 is 17.3 Å². The van der Waals surface area contributed by atoms with E-state index in [-0.39, 0.29) is 17.8 Å². The topological polar surface area (TPSA) is 46.2 Å². The van der Waals surface area contributed by atoms with Gasteiger partial charge in [0.15, 0.2) is 5.11 Å². The van der Waals surface area contributed by atoms with Crippen molar-refractivity contribution in [2.24, 2.45) is 0 Å². The van der Waals surface area contributed by atoms with Crippen molar-refractivity contribution in [3.8, 4) is 5.69 Å². The zero-order chi connectivity index (χ0) is 24.7.